The molecule has 0 aromatic heterocycles. The molecular weight excluding hydrogens is 295 g/mol. The van der Waals surface area contributed by atoms with Crippen LogP contribution in [0.15, 0.2) is 29.2 Å². The van der Waals surface area contributed by atoms with Gasteiger partial charge in [-0.1, -0.05) is 12.1 Å². The number of hydrogen-bond acceptors (Lipinski definition) is 3. The van der Waals surface area contributed by atoms with Crippen LogP contribution in [0.1, 0.15) is 18.4 Å². The van der Waals surface area contributed by atoms with Crippen LogP contribution in [-0.2, 0) is 16.6 Å². The molecule has 1 N–H and O–H groups in total. The SMILES string of the molecule is O=S(=O)(c1ccc(CO)cc1)N(CC(F)(F)F)C1CC1. The quantitative estimate of drug-likeness (QED) is 0.904. The second-order valence-electron chi connectivity index (χ2n) is 4.70. The predicted molar refractivity (Wildman–Crippen MR) is 65.3 cm³/mol. The molecule has 0 amide bonds. The van der Waals surface area contributed by atoms with Gasteiger partial charge in [0.2, 0.25) is 10.0 Å². The van der Waals surface area contributed by atoms with Crippen LogP contribution >= 0.6 is 0 Å². The monoisotopic (exact) mass is 309 g/mol. The van der Waals surface area contributed by atoms with Crippen molar-refractivity contribution in [2.45, 2.75) is 36.6 Å². The van der Waals surface area contributed by atoms with Gasteiger partial charge in [0, 0.05) is 6.04 Å². The fourth-order valence-corrected chi connectivity index (χ4v) is 3.52. The Kier molecular flexibility index (Phi) is 4.08. The Hall–Kier alpha value is -1.12. The summed E-state index contributed by atoms with van der Waals surface area (Å²) in [5.74, 6) is 0. The van der Waals surface area contributed by atoms with Gasteiger partial charge < -0.3 is 5.11 Å². The number of alkyl halides is 3. The average molecular weight is 309 g/mol. The molecule has 1 aromatic rings. The predicted octanol–water partition coefficient (Wildman–Crippen LogP) is 1.89. The van der Waals surface area contributed by atoms with Gasteiger partial charge in [-0.3, -0.25) is 0 Å². The van der Waals surface area contributed by atoms with Crippen molar-refractivity contribution in [3.05, 3.63) is 29.8 Å². The maximum Gasteiger partial charge on any atom is 0.402 e. The highest BCUT2D eigenvalue weighted by atomic mass is 32.2. The van der Waals surface area contributed by atoms with Crippen LogP contribution in [0.25, 0.3) is 0 Å². The maximum absolute atomic E-state index is 12.5. The summed E-state index contributed by atoms with van der Waals surface area (Å²) in [5, 5.41) is 8.88. The molecular formula is C12H14F3NO3S. The molecule has 1 fully saturated rings. The minimum absolute atomic E-state index is 0.189. The average Bonchev–Trinajstić information content (AvgIpc) is 3.19. The molecule has 4 nitrogen and oxygen atoms in total. The first-order chi connectivity index (χ1) is 9.24. The first kappa shape index (κ1) is 15.3. The number of rotatable bonds is 5. The lowest BCUT2D eigenvalue weighted by atomic mass is 10.2. The van der Waals surface area contributed by atoms with E-state index in [1.165, 1.54) is 24.3 Å². The molecule has 0 bridgehead atoms. The minimum Gasteiger partial charge on any atom is -0.392 e. The molecule has 0 atom stereocenters. The van der Waals surface area contributed by atoms with Crippen molar-refractivity contribution in [2.75, 3.05) is 6.54 Å². The summed E-state index contributed by atoms with van der Waals surface area (Å²) in [6.07, 6.45) is -3.67. The zero-order valence-electron chi connectivity index (χ0n) is 10.5. The highest BCUT2D eigenvalue weighted by Gasteiger charge is 2.44. The van der Waals surface area contributed by atoms with Crippen LogP contribution in [0.2, 0.25) is 0 Å². The van der Waals surface area contributed by atoms with Crippen LogP contribution in [0.5, 0.6) is 0 Å². The van der Waals surface area contributed by atoms with E-state index in [9.17, 15) is 21.6 Å². The second kappa shape index (κ2) is 5.34. The van der Waals surface area contributed by atoms with Gasteiger partial charge in [-0.15, -0.1) is 0 Å². The minimum atomic E-state index is -4.57. The first-order valence-corrected chi connectivity index (χ1v) is 7.46. The van der Waals surface area contributed by atoms with Crippen molar-refractivity contribution in [2.24, 2.45) is 0 Å². The lowest BCUT2D eigenvalue weighted by Crippen LogP contribution is -2.40. The molecule has 0 saturated heterocycles. The van der Waals surface area contributed by atoms with Crippen molar-refractivity contribution in [3.63, 3.8) is 0 Å². The van der Waals surface area contributed by atoms with Gasteiger partial charge in [-0.2, -0.15) is 17.5 Å². The van der Waals surface area contributed by atoms with Crippen LogP contribution in [0.4, 0.5) is 13.2 Å². The number of aliphatic hydroxyl groups excluding tert-OH is 1. The zero-order valence-corrected chi connectivity index (χ0v) is 11.3. The zero-order chi connectivity index (χ0) is 15.0. The molecule has 0 spiro atoms. The van der Waals surface area contributed by atoms with Crippen LogP contribution < -0.4 is 0 Å². The first-order valence-electron chi connectivity index (χ1n) is 6.02. The third kappa shape index (κ3) is 3.50. The van der Waals surface area contributed by atoms with Crippen LogP contribution in [-0.4, -0.2) is 36.6 Å². The van der Waals surface area contributed by atoms with E-state index in [4.69, 9.17) is 5.11 Å². The molecule has 2 rings (SSSR count). The third-order valence-corrected chi connectivity index (χ3v) is 4.91. The van der Waals surface area contributed by atoms with Crippen LogP contribution in [0, 0.1) is 0 Å². The summed E-state index contributed by atoms with van der Waals surface area (Å²) in [7, 11) is -4.16. The third-order valence-electron chi connectivity index (χ3n) is 3.00. The summed E-state index contributed by atoms with van der Waals surface area (Å²) in [4.78, 5) is -0.189. The van der Waals surface area contributed by atoms with E-state index < -0.39 is 28.8 Å². The second-order valence-corrected chi connectivity index (χ2v) is 6.59. The summed E-state index contributed by atoms with van der Waals surface area (Å²) < 4.78 is 62.6. The topological polar surface area (TPSA) is 57.6 Å². The highest BCUT2D eigenvalue weighted by molar-refractivity contribution is 7.89. The molecule has 0 aliphatic heterocycles. The van der Waals surface area contributed by atoms with E-state index in [2.05, 4.69) is 0 Å². The highest BCUT2D eigenvalue weighted by Crippen LogP contribution is 2.34. The fourth-order valence-electron chi connectivity index (χ4n) is 1.85. The fraction of sp³-hybridized carbons (Fsp3) is 0.500. The summed E-state index contributed by atoms with van der Waals surface area (Å²) in [6.45, 7) is -1.73. The van der Waals surface area contributed by atoms with E-state index in [-0.39, 0.29) is 11.5 Å². The molecule has 8 heteroatoms. The van der Waals surface area contributed by atoms with Crippen molar-refractivity contribution in [3.8, 4) is 0 Å². The number of benzene rings is 1. The summed E-state index contributed by atoms with van der Waals surface area (Å²) in [5.41, 5.74) is 0.498. The largest absolute Gasteiger partial charge is 0.402 e. The van der Waals surface area contributed by atoms with Gasteiger partial charge in [0.25, 0.3) is 0 Å². The lowest BCUT2D eigenvalue weighted by Gasteiger charge is -2.23. The van der Waals surface area contributed by atoms with E-state index in [0.717, 1.165) is 0 Å². The molecule has 112 valence electrons. The summed E-state index contributed by atoms with van der Waals surface area (Å²) >= 11 is 0. The summed E-state index contributed by atoms with van der Waals surface area (Å²) in [6, 6.07) is 4.62. The number of aliphatic hydroxyl groups is 1. The van der Waals surface area contributed by atoms with E-state index in [1.54, 1.807) is 0 Å². The van der Waals surface area contributed by atoms with E-state index in [1.807, 2.05) is 0 Å². The number of hydrogen-bond donors (Lipinski definition) is 1. The molecule has 1 aromatic carbocycles. The molecule has 1 aliphatic rings. The van der Waals surface area contributed by atoms with Crippen molar-refractivity contribution < 1.29 is 26.7 Å². The Bertz CT molecular complexity index is 565. The number of sulfonamides is 1. The van der Waals surface area contributed by atoms with Gasteiger partial charge in [0.05, 0.1) is 11.5 Å². The molecule has 0 radical (unpaired) electrons. The van der Waals surface area contributed by atoms with Crippen molar-refractivity contribution in [1.82, 2.24) is 4.31 Å². The number of nitrogens with zero attached hydrogens (tertiary/aromatic N) is 1. The number of halogens is 3. The van der Waals surface area contributed by atoms with E-state index in [0.29, 0.717) is 22.7 Å². The maximum atomic E-state index is 12.5. The smallest absolute Gasteiger partial charge is 0.392 e. The van der Waals surface area contributed by atoms with Gasteiger partial charge in [-0.05, 0) is 30.5 Å². The molecule has 0 heterocycles. The van der Waals surface area contributed by atoms with Gasteiger partial charge in [0.15, 0.2) is 0 Å². The molecule has 1 saturated carbocycles. The van der Waals surface area contributed by atoms with Crippen molar-refractivity contribution in [1.29, 1.82) is 0 Å². The van der Waals surface area contributed by atoms with Crippen molar-refractivity contribution >= 4 is 10.0 Å². The Labute approximate surface area is 114 Å². The lowest BCUT2D eigenvalue weighted by molar-refractivity contribution is -0.137. The molecule has 0 unspecified atom stereocenters. The molecule has 20 heavy (non-hydrogen) atoms. The van der Waals surface area contributed by atoms with Gasteiger partial charge >= 0.3 is 6.18 Å². The Balaban J connectivity index is 2.29. The molecule has 1 aliphatic carbocycles. The standard InChI is InChI=1S/C12H14F3NO3S/c13-12(14,15)8-16(10-3-4-10)20(18,19)11-5-1-9(7-17)2-6-11/h1-2,5-6,10,17H,3-4,7-8H2. The van der Waals surface area contributed by atoms with Gasteiger partial charge in [-0.25, -0.2) is 8.42 Å². The van der Waals surface area contributed by atoms with Crippen LogP contribution in [0.3, 0.4) is 0 Å². The Morgan fingerprint density at radius 3 is 2.15 bits per heavy atom. The van der Waals surface area contributed by atoms with E-state index >= 15 is 0 Å². The van der Waals surface area contributed by atoms with Gasteiger partial charge in [0.1, 0.15) is 6.54 Å². The Morgan fingerprint density at radius 1 is 1.20 bits per heavy atom. The Morgan fingerprint density at radius 2 is 1.75 bits per heavy atom. The normalized spacial score (nSPS) is 16.6.